The van der Waals surface area contributed by atoms with Crippen LogP contribution in [0.4, 0.5) is 5.69 Å². The van der Waals surface area contributed by atoms with Gasteiger partial charge in [-0.3, -0.25) is 19.3 Å². The van der Waals surface area contributed by atoms with Crippen LogP contribution in [-0.2, 0) is 16.2 Å². The van der Waals surface area contributed by atoms with Crippen LogP contribution in [-0.4, -0.2) is 22.0 Å². The molecule has 3 fully saturated rings. The summed E-state index contributed by atoms with van der Waals surface area (Å²) < 4.78 is 7.37. The summed E-state index contributed by atoms with van der Waals surface area (Å²) in [7, 11) is 0. The van der Waals surface area contributed by atoms with Gasteiger partial charge < -0.3 is 9.72 Å². The lowest BCUT2D eigenvalue weighted by Crippen LogP contribution is -2.42. The van der Waals surface area contributed by atoms with Gasteiger partial charge >= 0.3 is 4.87 Å². The Morgan fingerprint density at radius 2 is 1.61 bits per heavy atom. The third kappa shape index (κ3) is 3.92. The summed E-state index contributed by atoms with van der Waals surface area (Å²) in [5.74, 6) is 0.0733. The number of carbonyl (C=O) groups is 2. The highest BCUT2D eigenvalue weighted by molar-refractivity contribution is 9.10. The summed E-state index contributed by atoms with van der Waals surface area (Å²) in [6, 6.07) is 25.4. The third-order valence-corrected chi connectivity index (χ3v) is 12.4. The Hall–Kier alpha value is -3.14. The number of thiazole rings is 1. The maximum Gasteiger partial charge on any atom is 0.305 e. The van der Waals surface area contributed by atoms with E-state index in [1.165, 1.54) is 16.2 Å². The first kappa shape index (κ1) is 25.6. The summed E-state index contributed by atoms with van der Waals surface area (Å²) in [5.41, 5.74) is 2.74. The summed E-state index contributed by atoms with van der Waals surface area (Å²) in [6.45, 7) is 0.428. The van der Waals surface area contributed by atoms with Crippen molar-refractivity contribution in [2.45, 2.75) is 29.2 Å². The number of hydrogen-bond acceptors (Lipinski definition) is 6. The van der Waals surface area contributed by atoms with Gasteiger partial charge in [0.2, 0.25) is 11.8 Å². The van der Waals surface area contributed by atoms with Crippen molar-refractivity contribution < 1.29 is 14.3 Å². The Kier molecular flexibility index (Phi) is 6.05. The number of nitrogens with zero attached hydrogens (tertiary/aromatic N) is 1. The fourth-order valence-electron chi connectivity index (χ4n) is 7.83. The fourth-order valence-corrected chi connectivity index (χ4v) is 11.1. The lowest BCUT2D eigenvalue weighted by molar-refractivity contribution is -0.123. The molecule has 3 aromatic carbocycles. The van der Waals surface area contributed by atoms with Crippen LogP contribution in [0.25, 0.3) is 0 Å². The normalized spacial score (nSPS) is 29.4. The quantitative estimate of drug-likeness (QED) is 0.252. The number of benzene rings is 3. The molecule has 2 aliphatic carbocycles. The van der Waals surface area contributed by atoms with Crippen LogP contribution < -0.4 is 14.5 Å². The van der Waals surface area contributed by atoms with Crippen molar-refractivity contribution in [3.05, 3.63) is 109 Å². The van der Waals surface area contributed by atoms with E-state index in [2.05, 4.69) is 27.0 Å². The molecule has 3 heterocycles. The minimum atomic E-state index is -0.338. The van der Waals surface area contributed by atoms with Crippen LogP contribution in [0.2, 0.25) is 0 Å². The molecule has 1 saturated heterocycles. The number of aromatic nitrogens is 1. The van der Waals surface area contributed by atoms with E-state index >= 15 is 0 Å². The van der Waals surface area contributed by atoms with E-state index in [1.807, 2.05) is 72.8 Å². The van der Waals surface area contributed by atoms with Gasteiger partial charge in [-0.1, -0.05) is 75.8 Å². The smallest absolute Gasteiger partial charge is 0.305 e. The number of imide groups is 1. The van der Waals surface area contributed by atoms with Crippen LogP contribution in [0.15, 0.2) is 93.2 Å². The molecule has 2 aliphatic heterocycles. The highest BCUT2D eigenvalue weighted by atomic mass is 79.9. The molecule has 4 aromatic rings. The summed E-state index contributed by atoms with van der Waals surface area (Å²) in [4.78, 5) is 45.9. The van der Waals surface area contributed by atoms with Gasteiger partial charge in [-0.25, -0.2) is 0 Å². The van der Waals surface area contributed by atoms with Crippen LogP contribution >= 0.6 is 39.0 Å². The molecule has 1 N–H and O–H groups in total. The molecule has 0 spiro atoms. The standard InChI is InChI=1S/C32H25BrN2O4S2/c33-17-11-12-22(39-15-16-7-3-1-4-8-16)19(13-17)23-24-20-14-21(27(24)40-29-28(23)41-32(38)34-29)26-25(20)30(36)35(31(26)37)18-9-5-2-6-10-18/h1-13,20-21,23-27H,14-15H2,(H,34,38)/t20-,21-,23?,24?,25?,26?,27?/m1/s1. The predicted octanol–water partition coefficient (Wildman–Crippen LogP) is 6.46. The van der Waals surface area contributed by atoms with E-state index in [4.69, 9.17) is 4.74 Å². The van der Waals surface area contributed by atoms with E-state index < -0.39 is 0 Å². The van der Waals surface area contributed by atoms with Crippen molar-refractivity contribution in [3.63, 3.8) is 0 Å². The Labute approximate surface area is 253 Å². The molecular weight excluding hydrogens is 620 g/mol. The topological polar surface area (TPSA) is 79.5 Å². The first-order chi connectivity index (χ1) is 20.0. The number of anilines is 1. The fraction of sp³-hybridized carbons (Fsp3) is 0.281. The van der Waals surface area contributed by atoms with Gasteiger partial charge in [0.15, 0.2) is 0 Å². The molecule has 41 heavy (non-hydrogen) atoms. The molecule has 1 aromatic heterocycles. The maximum absolute atomic E-state index is 13.9. The number of para-hydroxylation sites is 1. The molecular formula is C32H25BrN2O4S2. The van der Waals surface area contributed by atoms with Gasteiger partial charge in [-0.05, 0) is 60.1 Å². The number of aromatic amines is 1. The molecule has 9 heteroatoms. The molecule has 7 atom stereocenters. The van der Waals surface area contributed by atoms with Gasteiger partial charge in [0.1, 0.15) is 12.4 Å². The second-order valence-electron chi connectivity index (χ2n) is 11.3. The lowest BCUT2D eigenvalue weighted by atomic mass is 9.68. The number of H-pyrrole nitrogens is 1. The number of ether oxygens (including phenoxy) is 1. The van der Waals surface area contributed by atoms with Gasteiger partial charge in [0.05, 0.1) is 22.5 Å². The molecule has 2 saturated carbocycles. The Morgan fingerprint density at radius 3 is 2.37 bits per heavy atom. The number of fused-ring (bicyclic) bond motifs is 9. The third-order valence-electron chi connectivity index (χ3n) is 9.28. The van der Waals surface area contributed by atoms with Crippen LogP contribution in [0.3, 0.4) is 0 Å². The van der Waals surface area contributed by atoms with Crippen LogP contribution in [0.1, 0.15) is 28.3 Å². The SMILES string of the molecule is O=C1C2C(C(=O)N1c1ccccc1)[C@@H]1C[C@H]2C2Sc3[nH]c(=O)sc3C(c3cc(Br)ccc3OCc3ccccc3)C21. The average molecular weight is 646 g/mol. The van der Waals surface area contributed by atoms with Crippen molar-refractivity contribution in [3.8, 4) is 5.75 Å². The zero-order valence-electron chi connectivity index (χ0n) is 21.7. The maximum atomic E-state index is 13.9. The largest absolute Gasteiger partial charge is 0.489 e. The first-order valence-electron chi connectivity index (χ1n) is 13.8. The van der Waals surface area contributed by atoms with E-state index in [-0.39, 0.29) is 57.4 Å². The number of rotatable bonds is 5. The second-order valence-corrected chi connectivity index (χ2v) is 14.4. The van der Waals surface area contributed by atoms with E-state index in [0.717, 1.165) is 37.7 Å². The van der Waals surface area contributed by atoms with Crippen molar-refractivity contribution in [2.75, 3.05) is 4.90 Å². The molecule has 6 nitrogen and oxygen atoms in total. The molecule has 2 amide bonds. The van der Waals surface area contributed by atoms with Crippen molar-refractivity contribution >= 4 is 56.5 Å². The highest BCUT2D eigenvalue weighted by Gasteiger charge is 2.69. The number of carbonyl (C=O) groups excluding carboxylic acids is 2. The minimum Gasteiger partial charge on any atom is -0.489 e. The van der Waals surface area contributed by atoms with Gasteiger partial charge in [0, 0.05) is 26.1 Å². The Balaban J connectivity index is 1.21. The number of hydrogen-bond donors (Lipinski definition) is 1. The average Bonchev–Trinajstić information content (AvgIpc) is 3.72. The monoisotopic (exact) mass is 644 g/mol. The number of amides is 2. The van der Waals surface area contributed by atoms with E-state index in [0.29, 0.717) is 12.3 Å². The number of halogens is 1. The van der Waals surface area contributed by atoms with E-state index in [1.54, 1.807) is 11.8 Å². The zero-order chi connectivity index (χ0) is 27.8. The minimum absolute atomic E-state index is 0.0453. The second kappa shape index (κ2) is 9.71. The molecule has 4 aliphatic rings. The molecule has 206 valence electrons. The van der Waals surface area contributed by atoms with Gasteiger partial charge in [0.25, 0.3) is 0 Å². The van der Waals surface area contributed by atoms with Crippen molar-refractivity contribution in [1.82, 2.24) is 4.98 Å². The Morgan fingerprint density at radius 1 is 0.902 bits per heavy atom. The lowest BCUT2D eigenvalue weighted by Gasteiger charge is -2.43. The summed E-state index contributed by atoms with van der Waals surface area (Å²) in [6.07, 6.45) is 0.849. The van der Waals surface area contributed by atoms with Gasteiger partial charge in [-0.15, -0.1) is 11.8 Å². The highest BCUT2D eigenvalue weighted by Crippen LogP contribution is 2.69. The predicted molar refractivity (Wildman–Crippen MR) is 162 cm³/mol. The van der Waals surface area contributed by atoms with Crippen LogP contribution in [0, 0.1) is 29.6 Å². The Bertz CT molecular complexity index is 1740. The number of thioether (sulfide) groups is 1. The number of nitrogens with one attached hydrogen (secondary N) is 1. The molecule has 8 rings (SSSR count). The molecule has 0 radical (unpaired) electrons. The zero-order valence-corrected chi connectivity index (χ0v) is 25.0. The van der Waals surface area contributed by atoms with E-state index in [9.17, 15) is 14.4 Å². The first-order valence-corrected chi connectivity index (χ1v) is 16.3. The summed E-state index contributed by atoms with van der Waals surface area (Å²) in [5, 5.41) is 1.01. The summed E-state index contributed by atoms with van der Waals surface area (Å²) >= 11 is 6.64. The molecule has 2 bridgehead atoms. The van der Waals surface area contributed by atoms with Crippen molar-refractivity contribution in [1.29, 1.82) is 0 Å². The van der Waals surface area contributed by atoms with Crippen LogP contribution in [0.5, 0.6) is 5.75 Å². The van der Waals surface area contributed by atoms with Crippen molar-refractivity contribution in [2.24, 2.45) is 29.6 Å². The van der Waals surface area contributed by atoms with Gasteiger partial charge in [-0.2, -0.15) is 0 Å². The molecule has 5 unspecified atom stereocenters.